The molecule has 6 heteroatoms. The van der Waals surface area contributed by atoms with E-state index in [0.29, 0.717) is 19.3 Å². The van der Waals surface area contributed by atoms with Crippen molar-refractivity contribution in [1.29, 1.82) is 0 Å². The smallest absolute Gasteiger partial charge is 0.306 e. The highest BCUT2D eigenvalue weighted by Crippen LogP contribution is 2.17. The Bertz CT molecular complexity index is 1570. The van der Waals surface area contributed by atoms with E-state index in [0.717, 1.165) is 122 Å². The molecular formula is C72H122O6. The number of esters is 3. The number of hydrogen-bond donors (Lipinski definition) is 0. The van der Waals surface area contributed by atoms with Crippen LogP contribution < -0.4 is 0 Å². The Morgan fingerprint density at radius 3 is 0.782 bits per heavy atom. The highest BCUT2D eigenvalue weighted by atomic mass is 16.6. The average molecular weight is 1080 g/mol. The Morgan fingerprint density at radius 2 is 0.500 bits per heavy atom. The molecule has 1 unspecified atom stereocenters. The number of carbonyl (C=O) groups is 3. The van der Waals surface area contributed by atoms with Crippen LogP contribution in [-0.4, -0.2) is 37.2 Å². The van der Waals surface area contributed by atoms with Gasteiger partial charge >= 0.3 is 17.9 Å². The molecule has 0 saturated carbocycles. The highest BCUT2D eigenvalue weighted by molar-refractivity contribution is 5.71. The van der Waals surface area contributed by atoms with Gasteiger partial charge in [-0.15, -0.1) is 0 Å². The van der Waals surface area contributed by atoms with Gasteiger partial charge in [-0.3, -0.25) is 14.4 Å². The predicted octanol–water partition coefficient (Wildman–Crippen LogP) is 22.6. The van der Waals surface area contributed by atoms with E-state index in [1.54, 1.807) is 0 Å². The van der Waals surface area contributed by atoms with Crippen LogP contribution in [0.3, 0.4) is 0 Å². The maximum atomic E-state index is 12.8. The Balaban J connectivity index is 4.13. The van der Waals surface area contributed by atoms with Gasteiger partial charge in [0.05, 0.1) is 0 Å². The van der Waals surface area contributed by atoms with Crippen LogP contribution >= 0.6 is 0 Å². The molecular weight excluding hydrogens is 961 g/mol. The molecule has 0 aromatic heterocycles. The largest absolute Gasteiger partial charge is 0.462 e. The zero-order valence-electron chi connectivity index (χ0n) is 51.2. The van der Waals surface area contributed by atoms with E-state index in [2.05, 4.69) is 130 Å². The second-order valence-corrected chi connectivity index (χ2v) is 21.7. The summed E-state index contributed by atoms with van der Waals surface area (Å²) in [6, 6.07) is 0. The van der Waals surface area contributed by atoms with Crippen LogP contribution in [0.25, 0.3) is 0 Å². The summed E-state index contributed by atoms with van der Waals surface area (Å²) >= 11 is 0. The molecule has 0 saturated heterocycles. The van der Waals surface area contributed by atoms with E-state index in [4.69, 9.17) is 14.2 Å². The van der Waals surface area contributed by atoms with E-state index in [9.17, 15) is 14.4 Å². The third kappa shape index (κ3) is 62.9. The molecule has 0 aliphatic carbocycles. The molecule has 0 rings (SSSR count). The predicted molar refractivity (Wildman–Crippen MR) is 339 cm³/mol. The van der Waals surface area contributed by atoms with Gasteiger partial charge in [0.25, 0.3) is 0 Å². The lowest BCUT2D eigenvalue weighted by atomic mass is 10.0. The van der Waals surface area contributed by atoms with Gasteiger partial charge in [0.15, 0.2) is 6.10 Å². The molecule has 0 radical (unpaired) electrons. The maximum Gasteiger partial charge on any atom is 0.306 e. The van der Waals surface area contributed by atoms with Crippen LogP contribution in [-0.2, 0) is 28.6 Å². The summed E-state index contributed by atoms with van der Waals surface area (Å²) in [4.78, 5) is 38.1. The quantitative estimate of drug-likeness (QED) is 0.0261. The molecule has 6 nitrogen and oxygen atoms in total. The fraction of sp³-hybridized carbons (Fsp3) is 0.708. The normalized spacial score (nSPS) is 12.8. The minimum atomic E-state index is -0.778. The van der Waals surface area contributed by atoms with Gasteiger partial charge < -0.3 is 14.2 Å². The number of ether oxygens (including phenoxy) is 3. The van der Waals surface area contributed by atoms with Crippen LogP contribution in [0.2, 0.25) is 0 Å². The van der Waals surface area contributed by atoms with Crippen molar-refractivity contribution in [1.82, 2.24) is 0 Å². The molecule has 0 aliphatic rings. The van der Waals surface area contributed by atoms with Crippen molar-refractivity contribution in [3.63, 3.8) is 0 Å². The SMILES string of the molecule is CC/C=C\C/C=C\C/C=C\C/C=C\C/C=C\C/C=C\C/C=C\C/C=C\C/C=C\CCCCCCCCCC(=O)OCC(COC(=O)CCCCCCCCC)OC(=O)CCCCCCCCCCCCCCCCCCCC. The summed E-state index contributed by atoms with van der Waals surface area (Å²) in [5.74, 6) is -0.886. The number of allylic oxidation sites excluding steroid dienone is 18. The summed E-state index contributed by atoms with van der Waals surface area (Å²) in [6.07, 6.45) is 89.8. The number of rotatable bonds is 59. The first-order valence-electron chi connectivity index (χ1n) is 32.9. The van der Waals surface area contributed by atoms with Crippen molar-refractivity contribution >= 4 is 17.9 Å². The maximum absolute atomic E-state index is 12.8. The molecule has 0 fully saturated rings. The minimum absolute atomic E-state index is 0.0779. The van der Waals surface area contributed by atoms with Crippen molar-refractivity contribution in [2.24, 2.45) is 0 Å². The van der Waals surface area contributed by atoms with Crippen molar-refractivity contribution in [3.8, 4) is 0 Å². The first-order valence-corrected chi connectivity index (χ1v) is 32.9. The van der Waals surface area contributed by atoms with E-state index >= 15 is 0 Å². The molecule has 0 bridgehead atoms. The van der Waals surface area contributed by atoms with Crippen LogP contribution in [0.1, 0.15) is 310 Å². The monoisotopic (exact) mass is 1080 g/mol. The molecule has 0 amide bonds. The molecule has 0 aliphatic heterocycles. The highest BCUT2D eigenvalue weighted by Gasteiger charge is 2.19. The molecule has 78 heavy (non-hydrogen) atoms. The zero-order valence-corrected chi connectivity index (χ0v) is 51.2. The standard InChI is InChI=1S/C72H122O6/c1-4-7-10-13-16-18-20-22-24-26-28-29-30-31-32-33-34-35-36-37-38-39-40-41-42-43-44-46-47-49-51-53-56-59-62-65-71(74)77-68-69(67-76-70(73)64-61-58-55-15-12-9-6-3)78-72(75)66-63-60-57-54-52-50-48-45-27-25-23-21-19-17-14-11-8-5-2/h7,10,16,18,22,24,28-29,31-32,34-35,37-38,40-41,43-44,69H,4-6,8-9,11-15,17,19-21,23,25-27,30,33,36,39,42,45-68H2,1-3H3/b10-7-,18-16-,24-22-,29-28-,32-31-,35-34-,38-37-,41-40-,44-43-. The molecule has 1 atom stereocenters. The Hall–Kier alpha value is -3.93. The summed E-state index contributed by atoms with van der Waals surface area (Å²) < 4.78 is 16.8. The topological polar surface area (TPSA) is 78.9 Å². The fourth-order valence-electron chi connectivity index (χ4n) is 9.14. The second-order valence-electron chi connectivity index (χ2n) is 21.7. The van der Waals surface area contributed by atoms with Crippen LogP contribution in [0.15, 0.2) is 109 Å². The Kier molecular flexibility index (Phi) is 62.3. The van der Waals surface area contributed by atoms with Gasteiger partial charge in [-0.1, -0.05) is 310 Å². The third-order valence-electron chi connectivity index (χ3n) is 14.0. The zero-order chi connectivity index (χ0) is 56.4. The first-order chi connectivity index (χ1) is 38.5. The van der Waals surface area contributed by atoms with Crippen LogP contribution in [0.4, 0.5) is 0 Å². The number of hydrogen-bond acceptors (Lipinski definition) is 6. The van der Waals surface area contributed by atoms with Gasteiger partial charge in [-0.2, -0.15) is 0 Å². The lowest BCUT2D eigenvalue weighted by molar-refractivity contribution is -0.167. The summed E-state index contributed by atoms with van der Waals surface area (Å²) in [7, 11) is 0. The average Bonchev–Trinajstić information content (AvgIpc) is 3.44. The lowest BCUT2D eigenvalue weighted by Crippen LogP contribution is -2.30. The summed E-state index contributed by atoms with van der Waals surface area (Å²) in [6.45, 7) is 6.50. The molecule has 446 valence electrons. The fourth-order valence-corrected chi connectivity index (χ4v) is 9.14. The molecule has 0 spiro atoms. The van der Waals surface area contributed by atoms with Crippen molar-refractivity contribution < 1.29 is 28.6 Å². The van der Waals surface area contributed by atoms with Gasteiger partial charge in [-0.05, 0) is 89.9 Å². The van der Waals surface area contributed by atoms with Gasteiger partial charge in [0.2, 0.25) is 0 Å². The second kappa shape index (κ2) is 65.6. The van der Waals surface area contributed by atoms with E-state index < -0.39 is 6.10 Å². The number of unbranched alkanes of at least 4 members (excludes halogenated alkanes) is 30. The molecule has 0 heterocycles. The molecule has 0 aromatic carbocycles. The third-order valence-corrected chi connectivity index (χ3v) is 14.0. The van der Waals surface area contributed by atoms with Gasteiger partial charge in [0, 0.05) is 19.3 Å². The van der Waals surface area contributed by atoms with E-state index in [1.165, 1.54) is 148 Å². The first kappa shape index (κ1) is 74.1. The lowest BCUT2D eigenvalue weighted by Gasteiger charge is -2.18. The Labute approximate surface area is 482 Å². The Morgan fingerprint density at radius 1 is 0.269 bits per heavy atom. The van der Waals surface area contributed by atoms with Crippen LogP contribution in [0, 0.1) is 0 Å². The van der Waals surface area contributed by atoms with Crippen molar-refractivity contribution in [2.45, 2.75) is 316 Å². The minimum Gasteiger partial charge on any atom is -0.462 e. The molecule has 0 N–H and O–H groups in total. The van der Waals surface area contributed by atoms with Gasteiger partial charge in [-0.25, -0.2) is 0 Å². The van der Waals surface area contributed by atoms with E-state index in [1.807, 2.05) is 0 Å². The number of carbonyl (C=O) groups excluding carboxylic acids is 3. The summed E-state index contributed by atoms with van der Waals surface area (Å²) in [5.41, 5.74) is 0. The van der Waals surface area contributed by atoms with E-state index in [-0.39, 0.29) is 31.1 Å². The van der Waals surface area contributed by atoms with Crippen molar-refractivity contribution in [3.05, 3.63) is 109 Å². The summed E-state index contributed by atoms with van der Waals surface area (Å²) in [5, 5.41) is 0. The van der Waals surface area contributed by atoms with Gasteiger partial charge in [0.1, 0.15) is 13.2 Å². The van der Waals surface area contributed by atoms with Crippen LogP contribution in [0.5, 0.6) is 0 Å². The molecule has 0 aromatic rings. The van der Waals surface area contributed by atoms with Crippen molar-refractivity contribution in [2.75, 3.05) is 13.2 Å².